The van der Waals surface area contributed by atoms with Crippen LogP contribution in [0.2, 0.25) is 5.02 Å². The van der Waals surface area contributed by atoms with Gasteiger partial charge in [0.15, 0.2) is 0 Å². The van der Waals surface area contributed by atoms with E-state index in [1.807, 2.05) is 12.1 Å². The molecular weight excluding hydrogens is 370 g/mol. The van der Waals surface area contributed by atoms with E-state index < -0.39 is 0 Å². The minimum Gasteiger partial charge on any atom is -0.348 e. The minimum atomic E-state index is 0.0888. The molecule has 1 aliphatic carbocycles. The Morgan fingerprint density at radius 3 is 2.92 bits per heavy atom. The molecule has 1 fully saturated rings. The van der Waals surface area contributed by atoms with Crippen molar-refractivity contribution in [3.8, 4) is 10.4 Å². The topological polar surface area (TPSA) is 29.1 Å². The Balaban J connectivity index is 1.57. The summed E-state index contributed by atoms with van der Waals surface area (Å²) in [7, 11) is 0. The zero-order valence-corrected chi connectivity index (χ0v) is 16.9. The van der Waals surface area contributed by atoms with Gasteiger partial charge >= 0.3 is 0 Å². The molecule has 2 aromatic rings. The Hall–Kier alpha value is -0.970. The summed E-state index contributed by atoms with van der Waals surface area (Å²) in [5.41, 5.74) is 2.47. The van der Waals surface area contributed by atoms with Crippen molar-refractivity contribution in [2.45, 2.75) is 49.8 Å². The normalized spacial score (nSPS) is 25.2. The van der Waals surface area contributed by atoms with Gasteiger partial charge in [0.05, 0.1) is 4.88 Å². The summed E-state index contributed by atoms with van der Waals surface area (Å²) in [6, 6.07) is 8.41. The van der Waals surface area contributed by atoms with Crippen LogP contribution in [0.5, 0.6) is 0 Å². The number of halogens is 1. The third-order valence-electron chi connectivity index (χ3n) is 5.63. The summed E-state index contributed by atoms with van der Waals surface area (Å²) in [5, 5.41) is 4.07. The average Bonchev–Trinajstić information content (AvgIpc) is 3.03. The first kappa shape index (κ1) is 17.4. The van der Waals surface area contributed by atoms with Crippen molar-refractivity contribution in [1.29, 1.82) is 0 Å². The van der Waals surface area contributed by atoms with Gasteiger partial charge in [-0.25, -0.2) is 0 Å². The van der Waals surface area contributed by atoms with Crippen LogP contribution in [0.25, 0.3) is 10.4 Å². The van der Waals surface area contributed by atoms with Gasteiger partial charge in [0.1, 0.15) is 0 Å². The summed E-state index contributed by atoms with van der Waals surface area (Å²) in [6.07, 6.45) is 3.58. The number of benzene rings is 1. The van der Waals surface area contributed by atoms with Crippen LogP contribution < -0.4 is 5.32 Å². The highest BCUT2D eigenvalue weighted by atomic mass is 35.5. The molecule has 1 aliphatic heterocycles. The lowest BCUT2D eigenvalue weighted by Gasteiger charge is -2.34. The van der Waals surface area contributed by atoms with Crippen molar-refractivity contribution in [3.63, 3.8) is 0 Å². The Kier molecular flexibility index (Phi) is 4.87. The van der Waals surface area contributed by atoms with Crippen molar-refractivity contribution in [2.24, 2.45) is 11.8 Å². The van der Waals surface area contributed by atoms with Crippen LogP contribution in [0.15, 0.2) is 29.2 Å². The predicted molar refractivity (Wildman–Crippen MR) is 108 cm³/mol. The fourth-order valence-electron chi connectivity index (χ4n) is 3.86. The standard InChI is InChI=1S/C20H22ClNOS2/c1-11-4-3-5-16(12(11)2)22-20(23)18-8-13-10-24-17-9-14(21)6-7-15(17)19(13)25-18/h6-9,11-12,16H,3-5,10H2,1-2H3,(H,22,23)/t11-,12-,16-/m1/s1. The first-order valence-corrected chi connectivity index (χ1v) is 11.1. The molecule has 1 aromatic heterocycles. The highest BCUT2D eigenvalue weighted by molar-refractivity contribution is 7.98. The van der Waals surface area contributed by atoms with Crippen molar-refractivity contribution in [1.82, 2.24) is 5.32 Å². The Morgan fingerprint density at radius 2 is 2.08 bits per heavy atom. The SMILES string of the molecule is C[C@@H]1[C@H](C)CCC[C@H]1NC(=O)c1cc2c(s1)-c1ccc(Cl)cc1SC2. The van der Waals surface area contributed by atoms with Crippen LogP contribution in [0.1, 0.15) is 48.3 Å². The molecule has 0 spiro atoms. The van der Waals surface area contributed by atoms with E-state index in [9.17, 15) is 4.79 Å². The van der Waals surface area contributed by atoms with Crippen molar-refractivity contribution in [2.75, 3.05) is 0 Å². The lowest BCUT2D eigenvalue weighted by atomic mass is 9.78. The molecule has 2 aliphatic rings. The second kappa shape index (κ2) is 6.98. The molecule has 0 saturated heterocycles. The predicted octanol–water partition coefficient (Wildman–Crippen LogP) is 6.23. The molecule has 2 nitrogen and oxygen atoms in total. The molecule has 4 rings (SSSR count). The molecular formula is C20H22ClNOS2. The molecule has 0 bridgehead atoms. The van der Waals surface area contributed by atoms with Crippen molar-refractivity contribution >= 4 is 40.6 Å². The zero-order chi connectivity index (χ0) is 17.6. The lowest BCUT2D eigenvalue weighted by Crippen LogP contribution is -2.43. The molecule has 0 radical (unpaired) electrons. The number of carbonyl (C=O) groups excluding carboxylic acids is 1. The number of rotatable bonds is 2. The Labute approximate surface area is 162 Å². The first-order valence-electron chi connectivity index (χ1n) is 8.89. The minimum absolute atomic E-state index is 0.0888. The van der Waals surface area contributed by atoms with Gasteiger partial charge in [-0.05, 0) is 42.0 Å². The van der Waals surface area contributed by atoms with E-state index in [-0.39, 0.29) is 5.91 Å². The van der Waals surface area contributed by atoms with Gasteiger partial charge in [-0.15, -0.1) is 23.1 Å². The van der Waals surface area contributed by atoms with E-state index in [1.165, 1.54) is 33.7 Å². The zero-order valence-electron chi connectivity index (χ0n) is 14.5. The van der Waals surface area contributed by atoms with E-state index in [0.29, 0.717) is 17.9 Å². The maximum absolute atomic E-state index is 12.8. The van der Waals surface area contributed by atoms with Crippen molar-refractivity contribution in [3.05, 3.63) is 39.7 Å². The van der Waals surface area contributed by atoms with Crippen LogP contribution in [0.3, 0.4) is 0 Å². The number of amides is 1. The fourth-order valence-corrected chi connectivity index (χ4v) is 6.45. The highest BCUT2D eigenvalue weighted by Crippen LogP contribution is 2.46. The lowest BCUT2D eigenvalue weighted by molar-refractivity contribution is 0.0895. The summed E-state index contributed by atoms with van der Waals surface area (Å²) < 4.78 is 0. The second-order valence-electron chi connectivity index (χ2n) is 7.24. The summed E-state index contributed by atoms with van der Waals surface area (Å²) in [4.78, 5) is 16.1. The molecule has 1 aromatic carbocycles. The van der Waals surface area contributed by atoms with Gasteiger partial charge in [-0.1, -0.05) is 44.4 Å². The Morgan fingerprint density at radius 1 is 1.24 bits per heavy atom. The average molecular weight is 392 g/mol. The van der Waals surface area contributed by atoms with Gasteiger partial charge in [0.2, 0.25) is 0 Å². The van der Waals surface area contributed by atoms with Crippen LogP contribution in [-0.2, 0) is 5.75 Å². The fraction of sp³-hybridized carbons (Fsp3) is 0.450. The molecule has 1 amide bonds. The molecule has 1 N–H and O–H groups in total. The molecule has 3 atom stereocenters. The van der Waals surface area contributed by atoms with Gasteiger partial charge < -0.3 is 5.32 Å². The molecule has 25 heavy (non-hydrogen) atoms. The molecule has 132 valence electrons. The Bertz CT molecular complexity index is 816. The third-order valence-corrected chi connectivity index (χ3v) is 8.18. The number of hydrogen-bond donors (Lipinski definition) is 1. The number of carbonyl (C=O) groups is 1. The number of nitrogens with one attached hydrogen (secondary N) is 1. The summed E-state index contributed by atoms with van der Waals surface area (Å²) in [5.74, 6) is 2.23. The number of thiophene rings is 1. The van der Waals surface area contributed by atoms with Gasteiger partial charge in [0.25, 0.3) is 5.91 Å². The maximum atomic E-state index is 12.8. The molecule has 5 heteroatoms. The monoisotopic (exact) mass is 391 g/mol. The largest absolute Gasteiger partial charge is 0.348 e. The van der Waals surface area contributed by atoms with Crippen LogP contribution in [0.4, 0.5) is 0 Å². The molecule has 0 unspecified atom stereocenters. The van der Waals surface area contributed by atoms with Gasteiger partial charge in [-0.3, -0.25) is 4.79 Å². The van der Waals surface area contributed by atoms with Crippen LogP contribution in [-0.4, -0.2) is 11.9 Å². The maximum Gasteiger partial charge on any atom is 0.261 e. The van der Waals surface area contributed by atoms with E-state index in [2.05, 4.69) is 31.3 Å². The number of hydrogen-bond acceptors (Lipinski definition) is 3. The van der Waals surface area contributed by atoms with Crippen LogP contribution in [0, 0.1) is 11.8 Å². The molecule has 1 saturated carbocycles. The quantitative estimate of drug-likeness (QED) is 0.657. The van der Waals surface area contributed by atoms with E-state index in [4.69, 9.17) is 11.6 Å². The smallest absolute Gasteiger partial charge is 0.261 e. The van der Waals surface area contributed by atoms with Crippen LogP contribution >= 0.6 is 34.7 Å². The van der Waals surface area contributed by atoms with E-state index in [0.717, 1.165) is 22.1 Å². The third kappa shape index (κ3) is 3.36. The number of fused-ring (bicyclic) bond motifs is 3. The number of thioether (sulfide) groups is 1. The van der Waals surface area contributed by atoms with Gasteiger partial charge in [0, 0.05) is 32.2 Å². The van der Waals surface area contributed by atoms with E-state index >= 15 is 0 Å². The highest BCUT2D eigenvalue weighted by Gasteiger charge is 2.29. The van der Waals surface area contributed by atoms with Gasteiger partial charge in [-0.2, -0.15) is 0 Å². The van der Waals surface area contributed by atoms with E-state index in [1.54, 1.807) is 23.1 Å². The van der Waals surface area contributed by atoms with Crippen molar-refractivity contribution < 1.29 is 4.79 Å². The second-order valence-corrected chi connectivity index (χ2v) is 9.75. The summed E-state index contributed by atoms with van der Waals surface area (Å²) >= 11 is 9.53. The summed E-state index contributed by atoms with van der Waals surface area (Å²) in [6.45, 7) is 4.57. The molecule has 2 heterocycles. The first-order chi connectivity index (χ1) is 12.0.